The molecule has 2 aromatic carbocycles. The van der Waals surface area contributed by atoms with Gasteiger partial charge in [0.25, 0.3) is 0 Å². The number of alkyl carbamates (subject to hydrolysis) is 1. The topological polar surface area (TPSA) is 90.9 Å². The van der Waals surface area contributed by atoms with Gasteiger partial charge in [-0.15, -0.1) is 0 Å². The Bertz CT molecular complexity index is 778. The highest BCUT2D eigenvalue weighted by atomic mass is 16.6. The number of carbonyl (C=O) groups is 3. The van der Waals surface area contributed by atoms with Crippen molar-refractivity contribution in [2.75, 3.05) is 7.11 Å². The van der Waals surface area contributed by atoms with Gasteiger partial charge in [-0.25, -0.2) is 14.4 Å². The van der Waals surface area contributed by atoms with Crippen LogP contribution in [0.5, 0.6) is 0 Å². The highest BCUT2D eigenvalue weighted by Crippen LogP contribution is 2.08. The Morgan fingerprint density at radius 1 is 0.893 bits per heavy atom. The average Bonchev–Trinajstić information content (AvgIpc) is 2.72. The van der Waals surface area contributed by atoms with Gasteiger partial charge >= 0.3 is 18.0 Å². The summed E-state index contributed by atoms with van der Waals surface area (Å²) >= 11 is 0. The number of nitrogens with one attached hydrogen (secondary N) is 1. The molecule has 0 radical (unpaired) electrons. The van der Waals surface area contributed by atoms with Crippen LogP contribution >= 0.6 is 0 Å². The summed E-state index contributed by atoms with van der Waals surface area (Å²) in [6.45, 7) is 1.47. The van der Waals surface area contributed by atoms with Crippen LogP contribution in [-0.2, 0) is 36.8 Å². The van der Waals surface area contributed by atoms with E-state index in [-0.39, 0.29) is 13.0 Å². The Balaban J connectivity index is 2.01. The summed E-state index contributed by atoms with van der Waals surface area (Å²) in [7, 11) is 1.20. The Hall–Kier alpha value is -3.35. The minimum absolute atomic E-state index is 0.0678. The van der Waals surface area contributed by atoms with Crippen molar-refractivity contribution in [3.8, 4) is 0 Å². The van der Waals surface area contributed by atoms with Gasteiger partial charge in [0.15, 0.2) is 6.10 Å². The first-order valence-electron chi connectivity index (χ1n) is 8.79. The molecule has 2 rings (SSSR count). The van der Waals surface area contributed by atoms with Crippen molar-refractivity contribution in [1.29, 1.82) is 0 Å². The maximum absolute atomic E-state index is 12.5. The summed E-state index contributed by atoms with van der Waals surface area (Å²) in [5.74, 6) is -1.43. The van der Waals surface area contributed by atoms with E-state index < -0.39 is 30.2 Å². The van der Waals surface area contributed by atoms with Gasteiger partial charge in [0.1, 0.15) is 12.6 Å². The second kappa shape index (κ2) is 10.7. The summed E-state index contributed by atoms with van der Waals surface area (Å²) in [6.07, 6.45) is -1.65. The Kier molecular flexibility index (Phi) is 8.02. The fourth-order valence-corrected chi connectivity index (χ4v) is 2.42. The second-order valence-electron chi connectivity index (χ2n) is 6.05. The lowest BCUT2D eigenvalue weighted by atomic mass is 10.1. The Labute approximate surface area is 163 Å². The zero-order valence-corrected chi connectivity index (χ0v) is 15.8. The van der Waals surface area contributed by atoms with Crippen molar-refractivity contribution >= 4 is 18.0 Å². The molecule has 0 spiro atoms. The van der Waals surface area contributed by atoms with Crippen LogP contribution in [-0.4, -0.2) is 37.3 Å². The minimum atomic E-state index is -1.09. The molecule has 0 aliphatic heterocycles. The molecular formula is C21H23NO6. The molecule has 0 unspecified atom stereocenters. The van der Waals surface area contributed by atoms with Crippen molar-refractivity contribution in [3.63, 3.8) is 0 Å². The maximum Gasteiger partial charge on any atom is 0.408 e. The van der Waals surface area contributed by atoms with Crippen molar-refractivity contribution in [1.82, 2.24) is 5.32 Å². The predicted molar refractivity (Wildman–Crippen MR) is 101 cm³/mol. The van der Waals surface area contributed by atoms with Crippen LogP contribution in [0.3, 0.4) is 0 Å². The monoisotopic (exact) mass is 385 g/mol. The molecule has 2 aromatic rings. The fraction of sp³-hybridized carbons (Fsp3) is 0.286. The Morgan fingerprint density at radius 3 is 2.04 bits per heavy atom. The summed E-state index contributed by atoms with van der Waals surface area (Å²) in [5, 5.41) is 2.51. The number of hydrogen-bond donors (Lipinski definition) is 1. The first kappa shape index (κ1) is 21.0. The SMILES string of the molecule is COC(=O)[C@@H](C)OC(=O)[C@H](Cc1ccccc1)NC(=O)OCc1ccccc1. The van der Waals surface area contributed by atoms with Gasteiger partial charge in [0.2, 0.25) is 0 Å². The molecule has 148 valence electrons. The van der Waals surface area contributed by atoms with Gasteiger partial charge in [0.05, 0.1) is 7.11 Å². The van der Waals surface area contributed by atoms with Crippen LogP contribution in [0.4, 0.5) is 4.79 Å². The highest BCUT2D eigenvalue weighted by Gasteiger charge is 2.27. The third-order valence-electron chi connectivity index (χ3n) is 3.90. The van der Waals surface area contributed by atoms with Gasteiger partial charge in [-0.2, -0.15) is 0 Å². The smallest absolute Gasteiger partial charge is 0.408 e. The zero-order valence-electron chi connectivity index (χ0n) is 15.8. The van der Waals surface area contributed by atoms with E-state index in [4.69, 9.17) is 9.47 Å². The van der Waals surface area contributed by atoms with Crippen LogP contribution in [0.15, 0.2) is 60.7 Å². The van der Waals surface area contributed by atoms with Crippen molar-refractivity contribution in [2.45, 2.75) is 32.1 Å². The van der Waals surface area contributed by atoms with Gasteiger partial charge in [-0.3, -0.25) is 0 Å². The van der Waals surface area contributed by atoms with E-state index in [1.54, 1.807) is 0 Å². The van der Waals surface area contributed by atoms with Gasteiger partial charge in [0, 0.05) is 6.42 Å². The first-order valence-corrected chi connectivity index (χ1v) is 8.79. The molecule has 0 bridgehead atoms. The van der Waals surface area contributed by atoms with Gasteiger partial charge in [-0.1, -0.05) is 60.7 Å². The molecule has 7 nitrogen and oxygen atoms in total. The number of benzene rings is 2. The Morgan fingerprint density at radius 2 is 1.46 bits per heavy atom. The third kappa shape index (κ3) is 6.75. The largest absolute Gasteiger partial charge is 0.466 e. The van der Waals surface area contributed by atoms with E-state index in [0.717, 1.165) is 11.1 Å². The molecule has 28 heavy (non-hydrogen) atoms. The number of hydrogen-bond acceptors (Lipinski definition) is 6. The molecule has 0 aliphatic carbocycles. The number of esters is 2. The first-order chi connectivity index (χ1) is 13.5. The van der Waals surface area contributed by atoms with Crippen molar-refractivity contribution in [2.24, 2.45) is 0 Å². The highest BCUT2D eigenvalue weighted by molar-refractivity contribution is 5.84. The fourth-order valence-electron chi connectivity index (χ4n) is 2.42. The molecule has 2 atom stereocenters. The number of methoxy groups -OCH3 is 1. The van der Waals surface area contributed by atoms with Gasteiger partial charge in [-0.05, 0) is 18.1 Å². The predicted octanol–water partition coefficient (Wildman–Crippen LogP) is 2.63. The standard InChI is InChI=1S/C21H23NO6/c1-15(19(23)26-2)28-20(24)18(13-16-9-5-3-6-10-16)22-21(25)27-14-17-11-7-4-8-12-17/h3-12,15,18H,13-14H2,1-2H3,(H,22,25)/t15-,18+/m1/s1. The normalized spacial score (nSPS) is 12.4. The molecule has 1 amide bonds. The lowest BCUT2D eigenvalue weighted by Gasteiger charge is -2.19. The molecule has 0 aromatic heterocycles. The summed E-state index contributed by atoms with van der Waals surface area (Å²) in [4.78, 5) is 36.2. The van der Waals surface area contributed by atoms with E-state index in [2.05, 4.69) is 10.1 Å². The van der Waals surface area contributed by atoms with Crippen LogP contribution < -0.4 is 5.32 Å². The second-order valence-corrected chi connectivity index (χ2v) is 6.05. The van der Waals surface area contributed by atoms with Crippen LogP contribution in [0.2, 0.25) is 0 Å². The lowest BCUT2D eigenvalue weighted by Crippen LogP contribution is -2.45. The summed E-state index contributed by atoms with van der Waals surface area (Å²) in [6, 6.07) is 17.3. The molecule has 0 fully saturated rings. The van der Waals surface area contributed by atoms with E-state index in [1.165, 1.54) is 14.0 Å². The molecule has 0 aliphatic rings. The number of amides is 1. The number of carbonyl (C=O) groups excluding carboxylic acids is 3. The number of ether oxygens (including phenoxy) is 3. The zero-order chi connectivity index (χ0) is 20.4. The summed E-state index contributed by atoms with van der Waals surface area (Å²) < 4.78 is 14.8. The lowest BCUT2D eigenvalue weighted by molar-refractivity contribution is -0.165. The molecule has 0 heterocycles. The van der Waals surface area contributed by atoms with Crippen LogP contribution in [0, 0.1) is 0 Å². The molecule has 0 saturated heterocycles. The molecule has 1 N–H and O–H groups in total. The van der Waals surface area contributed by atoms with Gasteiger partial charge < -0.3 is 19.5 Å². The molecule has 7 heteroatoms. The molecular weight excluding hydrogens is 362 g/mol. The average molecular weight is 385 g/mol. The minimum Gasteiger partial charge on any atom is -0.466 e. The number of rotatable bonds is 8. The van der Waals surface area contributed by atoms with Crippen molar-refractivity contribution < 1.29 is 28.6 Å². The van der Waals surface area contributed by atoms with Crippen LogP contribution in [0.1, 0.15) is 18.1 Å². The van der Waals surface area contributed by atoms with E-state index in [0.29, 0.717) is 0 Å². The van der Waals surface area contributed by atoms with E-state index in [9.17, 15) is 14.4 Å². The third-order valence-corrected chi connectivity index (χ3v) is 3.90. The molecule has 0 saturated carbocycles. The van der Waals surface area contributed by atoms with Crippen LogP contribution in [0.25, 0.3) is 0 Å². The quantitative estimate of drug-likeness (QED) is 0.555. The maximum atomic E-state index is 12.5. The van der Waals surface area contributed by atoms with E-state index in [1.807, 2.05) is 60.7 Å². The van der Waals surface area contributed by atoms with E-state index >= 15 is 0 Å². The summed E-state index contributed by atoms with van der Waals surface area (Å²) in [5.41, 5.74) is 1.64. The van der Waals surface area contributed by atoms with Crippen molar-refractivity contribution in [3.05, 3.63) is 71.8 Å².